The summed E-state index contributed by atoms with van der Waals surface area (Å²) in [5.74, 6) is 0.960. The molecule has 0 radical (unpaired) electrons. The number of fused-ring (bicyclic) bond motifs is 1. The predicted molar refractivity (Wildman–Crippen MR) is 94.2 cm³/mol. The molecule has 0 aromatic carbocycles. The second-order valence-corrected chi connectivity index (χ2v) is 8.25. The average molecular weight is 344 g/mol. The molecule has 1 spiro atoms. The van der Waals surface area contributed by atoms with Crippen LogP contribution in [0.2, 0.25) is 0 Å². The molecule has 0 bridgehead atoms. The highest BCUT2D eigenvalue weighted by atomic mass is 16.2. The lowest BCUT2D eigenvalue weighted by Gasteiger charge is -2.38. The Labute approximate surface area is 148 Å². The van der Waals surface area contributed by atoms with Gasteiger partial charge in [-0.3, -0.25) is 14.7 Å². The Morgan fingerprint density at radius 1 is 1.36 bits per heavy atom. The van der Waals surface area contributed by atoms with Crippen LogP contribution >= 0.6 is 0 Å². The zero-order valence-electron chi connectivity index (χ0n) is 15.3. The largest absolute Gasteiger partial charge is 0.342 e. The minimum absolute atomic E-state index is 0.0677. The van der Waals surface area contributed by atoms with Crippen molar-refractivity contribution in [2.75, 3.05) is 26.2 Å². The van der Waals surface area contributed by atoms with Gasteiger partial charge in [0.2, 0.25) is 5.91 Å². The van der Waals surface area contributed by atoms with Crippen molar-refractivity contribution in [1.29, 1.82) is 0 Å². The summed E-state index contributed by atoms with van der Waals surface area (Å²) in [6, 6.07) is 0. The summed E-state index contributed by atoms with van der Waals surface area (Å²) >= 11 is 0. The zero-order chi connectivity index (χ0) is 17.6. The Balaban J connectivity index is 1.44. The van der Waals surface area contributed by atoms with Gasteiger partial charge in [-0.2, -0.15) is 5.10 Å². The lowest BCUT2D eigenvalue weighted by molar-refractivity contribution is -0.127. The Morgan fingerprint density at radius 3 is 2.80 bits per heavy atom. The molecule has 0 saturated carbocycles. The van der Waals surface area contributed by atoms with Crippen molar-refractivity contribution in [2.45, 2.75) is 52.4 Å². The lowest BCUT2D eigenvalue weighted by Crippen LogP contribution is -2.44. The van der Waals surface area contributed by atoms with E-state index in [4.69, 9.17) is 0 Å². The smallest absolute Gasteiger partial charge is 0.274 e. The number of hydrogen-bond donors (Lipinski definition) is 1. The molecule has 1 aromatic heterocycles. The van der Waals surface area contributed by atoms with E-state index in [0.29, 0.717) is 18.0 Å². The first-order chi connectivity index (χ1) is 12.0. The molecule has 3 heterocycles. The van der Waals surface area contributed by atoms with Gasteiger partial charge in [0.05, 0.1) is 0 Å². The van der Waals surface area contributed by atoms with Crippen LogP contribution in [-0.2, 0) is 17.6 Å². The highest BCUT2D eigenvalue weighted by Crippen LogP contribution is 2.41. The van der Waals surface area contributed by atoms with Gasteiger partial charge in [0.25, 0.3) is 5.91 Å². The van der Waals surface area contributed by atoms with Crippen molar-refractivity contribution in [3.05, 3.63) is 17.0 Å². The molecule has 2 aliphatic heterocycles. The molecule has 136 valence electrons. The molecular weight excluding hydrogens is 316 g/mol. The third kappa shape index (κ3) is 2.85. The second kappa shape index (κ2) is 6.15. The molecule has 1 atom stereocenters. The van der Waals surface area contributed by atoms with E-state index in [1.807, 2.05) is 16.7 Å². The Bertz CT molecular complexity index is 688. The van der Waals surface area contributed by atoms with Gasteiger partial charge in [0, 0.05) is 49.3 Å². The van der Waals surface area contributed by atoms with Crippen LogP contribution in [0.5, 0.6) is 0 Å². The number of H-pyrrole nitrogens is 1. The molecule has 6 heteroatoms. The standard InChI is InChI=1S/C19H28N4O2/c1-3-22-12-19(11-16(22)24)6-8-23(9-7-19)18(25)17-14-10-13(2)4-5-15(14)20-21-17/h13H,3-12H2,1-2H3,(H,20,21)/t13-/m1/s1. The summed E-state index contributed by atoms with van der Waals surface area (Å²) in [6.45, 7) is 7.41. The van der Waals surface area contributed by atoms with Crippen molar-refractivity contribution in [3.63, 3.8) is 0 Å². The highest BCUT2D eigenvalue weighted by Gasteiger charge is 2.45. The van der Waals surface area contributed by atoms with Crippen LogP contribution in [0.15, 0.2) is 0 Å². The van der Waals surface area contributed by atoms with E-state index >= 15 is 0 Å². The van der Waals surface area contributed by atoms with E-state index in [9.17, 15) is 9.59 Å². The van der Waals surface area contributed by atoms with Gasteiger partial charge in [-0.1, -0.05) is 6.92 Å². The monoisotopic (exact) mass is 344 g/mol. The molecule has 25 heavy (non-hydrogen) atoms. The van der Waals surface area contributed by atoms with Crippen LogP contribution < -0.4 is 0 Å². The van der Waals surface area contributed by atoms with Gasteiger partial charge >= 0.3 is 0 Å². The molecule has 0 unspecified atom stereocenters. The van der Waals surface area contributed by atoms with Crippen LogP contribution in [0.4, 0.5) is 0 Å². The van der Waals surface area contributed by atoms with Gasteiger partial charge in [-0.15, -0.1) is 0 Å². The maximum absolute atomic E-state index is 13.0. The summed E-state index contributed by atoms with van der Waals surface area (Å²) in [4.78, 5) is 29.0. The third-order valence-electron chi connectivity index (χ3n) is 6.49. The number of amides is 2. The van der Waals surface area contributed by atoms with Gasteiger partial charge in [0.15, 0.2) is 5.69 Å². The van der Waals surface area contributed by atoms with Gasteiger partial charge in [-0.25, -0.2) is 0 Å². The number of carbonyl (C=O) groups is 2. The first-order valence-electron chi connectivity index (χ1n) is 9.64. The summed E-state index contributed by atoms with van der Waals surface area (Å²) < 4.78 is 0. The second-order valence-electron chi connectivity index (χ2n) is 8.25. The van der Waals surface area contributed by atoms with E-state index in [1.54, 1.807) is 0 Å². The topological polar surface area (TPSA) is 69.3 Å². The fourth-order valence-corrected chi connectivity index (χ4v) is 4.78. The van der Waals surface area contributed by atoms with Crippen molar-refractivity contribution >= 4 is 11.8 Å². The van der Waals surface area contributed by atoms with Crippen molar-refractivity contribution in [3.8, 4) is 0 Å². The normalized spacial score (nSPS) is 25.5. The quantitative estimate of drug-likeness (QED) is 0.892. The highest BCUT2D eigenvalue weighted by molar-refractivity contribution is 5.94. The molecule has 2 fully saturated rings. The van der Waals surface area contributed by atoms with Crippen LogP contribution in [-0.4, -0.2) is 58.0 Å². The van der Waals surface area contributed by atoms with E-state index < -0.39 is 0 Å². The number of likely N-dealkylation sites (tertiary alicyclic amines) is 2. The summed E-state index contributed by atoms with van der Waals surface area (Å²) in [5.41, 5.74) is 3.01. The van der Waals surface area contributed by atoms with Crippen molar-refractivity contribution < 1.29 is 9.59 Å². The first kappa shape index (κ1) is 16.6. The molecule has 6 nitrogen and oxygen atoms in total. The number of aromatic nitrogens is 2. The minimum atomic E-state index is 0.0677. The number of piperidine rings is 1. The van der Waals surface area contributed by atoms with E-state index in [1.165, 1.54) is 0 Å². The Kier molecular flexibility index (Phi) is 4.08. The molecule has 1 aromatic rings. The van der Waals surface area contributed by atoms with Crippen molar-refractivity contribution in [2.24, 2.45) is 11.3 Å². The van der Waals surface area contributed by atoms with Gasteiger partial charge in [-0.05, 0) is 44.9 Å². The zero-order valence-corrected chi connectivity index (χ0v) is 15.3. The Morgan fingerprint density at radius 2 is 2.12 bits per heavy atom. The van der Waals surface area contributed by atoms with E-state index in [0.717, 1.165) is 69.5 Å². The minimum Gasteiger partial charge on any atom is -0.342 e. The predicted octanol–water partition coefficient (Wildman–Crippen LogP) is 2.01. The maximum Gasteiger partial charge on any atom is 0.274 e. The SMILES string of the molecule is CCN1CC2(CCN(C(=O)c3n[nH]c4c3C[C@H](C)CC4)CC2)CC1=O. The van der Waals surface area contributed by atoms with Gasteiger partial charge < -0.3 is 9.80 Å². The molecule has 4 rings (SSSR count). The number of nitrogens with one attached hydrogen (secondary N) is 1. The fraction of sp³-hybridized carbons (Fsp3) is 0.737. The molecule has 2 saturated heterocycles. The number of rotatable bonds is 2. The molecule has 1 aliphatic carbocycles. The molecule has 1 N–H and O–H groups in total. The fourth-order valence-electron chi connectivity index (χ4n) is 4.78. The summed E-state index contributed by atoms with van der Waals surface area (Å²) in [6.07, 6.45) is 5.60. The number of hydrogen-bond acceptors (Lipinski definition) is 3. The number of aromatic amines is 1. The lowest BCUT2D eigenvalue weighted by atomic mass is 9.77. The van der Waals surface area contributed by atoms with Crippen LogP contribution in [0.1, 0.15) is 61.3 Å². The van der Waals surface area contributed by atoms with Crippen LogP contribution in [0.3, 0.4) is 0 Å². The summed E-state index contributed by atoms with van der Waals surface area (Å²) in [7, 11) is 0. The van der Waals surface area contributed by atoms with E-state index in [-0.39, 0.29) is 17.2 Å². The van der Waals surface area contributed by atoms with Gasteiger partial charge in [0.1, 0.15) is 0 Å². The number of nitrogens with zero attached hydrogens (tertiary/aromatic N) is 3. The maximum atomic E-state index is 13.0. The Hall–Kier alpha value is -1.85. The first-order valence-corrected chi connectivity index (χ1v) is 9.64. The van der Waals surface area contributed by atoms with Crippen molar-refractivity contribution in [1.82, 2.24) is 20.0 Å². The summed E-state index contributed by atoms with van der Waals surface area (Å²) in [5, 5.41) is 7.44. The number of aryl methyl sites for hydroxylation is 1. The van der Waals surface area contributed by atoms with Crippen LogP contribution in [0, 0.1) is 11.3 Å². The van der Waals surface area contributed by atoms with E-state index in [2.05, 4.69) is 17.1 Å². The molecule has 3 aliphatic rings. The third-order valence-corrected chi connectivity index (χ3v) is 6.49. The van der Waals surface area contributed by atoms with Crippen LogP contribution in [0.25, 0.3) is 0 Å². The molecular formula is C19H28N4O2. The number of carbonyl (C=O) groups excluding carboxylic acids is 2. The average Bonchev–Trinajstić information content (AvgIpc) is 3.15. The molecule has 2 amide bonds.